The topological polar surface area (TPSA) is 0 Å². The Morgan fingerprint density at radius 3 is 2.20 bits per heavy atom. The summed E-state index contributed by atoms with van der Waals surface area (Å²) < 4.78 is 25.3. The number of rotatable bonds is 2. The average molecular weight is 270 g/mol. The lowest BCUT2D eigenvalue weighted by molar-refractivity contribution is 0.591. The smallest absolute Gasteiger partial charge is 0.127 e. The average Bonchev–Trinajstić information content (AvgIpc) is 2.29. The van der Waals surface area contributed by atoms with E-state index in [1.165, 1.54) is 17.8 Å². The van der Waals surface area contributed by atoms with Crippen molar-refractivity contribution in [3.05, 3.63) is 35.4 Å². The lowest BCUT2D eigenvalue weighted by Gasteiger charge is -1.99. The fraction of sp³-hybridized carbons (Fsp3) is 0.400. The number of hydrogen-bond donors (Lipinski definition) is 2. The Morgan fingerprint density at radius 2 is 1.73 bits per heavy atom. The van der Waals surface area contributed by atoms with Gasteiger partial charge in [0.05, 0.1) is 0 Å². The predicted octanol–water partition coefficient (Wildman–Crippen LogP) is 4.62. The molecule has 0 fully saturated rings. The van der Waals surface area contributed by atoms with Crippen molar-refractivity contribution >= 4 is 35.1 Å². The molecule has 1 aromatic carbocycles. The fourth-order valence-corrected chi connectivity index (χ4v) is 1.34. The molecule has 0 aliphatic carbocycles. The summed E-state index contributed by atoms with van der Waals surface area (Å²) >= 11 is 7.92. The number of hydrogen-bond acceptors (Lipinski definition) is 3. The van der Waals surface area contributed by atoms with Crippen LogP contribution in [0.15, 0.2) is 18.2 Å². The molecule has 0 nitrogen and oxygen atoms in total. The van der Waals surface area contributed by atoms with Crippen LogP contribution >= 0.6 is 35.1 Å². The Bertz CT molecular complexity index is 254. The summed E-state index contributed by atoms with van der Waals surface area (Å²) in [5.41, 5.74) is 0.428. The van der Waals surface area contributed by atoms with Gasteiger partial charge in [-0.2, -0.15) is 11.8 Å². The second-order valence-corrected chi connectivity index (χ2v) is 3.03. The Kier molecular flexibility index (Phi) is 14.3. The van der Waals surface area contributed by atoms with Gasteiger partial charge in [0.25, 0.3) is 0 Å². The van der Waals surface area contributed by atoms with E-state index in [4.69, 9.17) is 0 Å². The molecular weight excluding hydrogens is 254 g/mol. The molecule has 0 aromatic heterocycles. The van der Waals surface area contributed by atoms with Crippen molar-refractivity contribution in [2.45, 2.75) is 19.6 Å². The third-order valence-corrected chi connectivity index (χ3v) is 1.91. The maximum Gasteiger partial charge on any atom is 0.127 e. The van der Waals surface area contributed by atoms with E-state index in [9.17, 15) is 8.78 Å². The van der Waals surface area contributed by atoms with E-state index in [0.717, 1.165) is 12.1 Å². The second kappa shape index (κ2) is 12.2. The summed E-state index contributed by atoms with van der Waals surface area (Å²) in [6.45, 7) is 4.00. The molecule has 1 aromatic rings. The van der Waals surface area contributed by atoms with Gasteiger partial charge in [-0.1, -0.05) is 13.8 Å². The fourth-order valence-electron chi connectivity index (χ4n) is 0.809. The van der Waals surface area contributed by atoms with Gasteiger partial charge in [-0.15, -0.1) is 23.3 Å². The second-order valence-electron chi connectivity index (χ2n) is 2.17. The molecule has 88 valence electrons. The van der Waals surface area contributed by atoms with Crippen LogP contribution in [0.25, 0.3) is 0 Å². The largest absolute Gasteiger partial charge is 0.207 e. The normalized spacial score (nSPS) is 8.20. The third kappa shape index (κ3) is 7.99. The molecule has 15 heavy (non-hydrogen) atoms. The Morgan fingerprint density at radius 1 is 1.20 bits per heavy atom. The Hall–Kier alpha value is 0.130. The molecule has 0 bridgehead atoms. The SMILES string of the molecule is CC.CSCc1cc(F)ccc1F.SS. The van der Waals surface area contributed by atoms with Crippen LogP contribution in [-0.4, -0.2) is 6.26 Å². The predicted molar refractivity (Wildman–Crippen MR) is 72.9 cm³/mol. The minimum Gasteiger partial charge on any atom is -0.207 e. The van der Waals surface area contributed by atoms with Crippen molar-refractivity contribution in [2.24, 2.45) is 0 Å². The summed E-state index contributed by atoms with van der Waals surface area (Å²) in [5.74, 6) is -0.194. The molecule has 1 rings (SSSR count). The van der Waals surface area contributed by atoms with E-state index in [0.29, 0.717) is 11.3 Å². The zero-order valence-electron chi connectivity index (χ0n) is 9.00. The van der Waals surface area contributed by atoms with Crippen molar-refractivity contribution < 1.29 is 8.78 Å². The van der Waals surface area contributed by atoms with Gasteiger partial charge in [-0.05, 0) is 24.5 Å². The molecule has 0 spiro atoms. The maximum atomic E-state index is 12.8. The van der Waals surface area contributed by atoms with Crippen LogP contribution in [0, 0.1) is 11.6 Å². The summed E-state index contributed by atoms with van der Waals surface area (Å²) in [6.07, 6.45) is 1.85. The maximum absolute atomic E-state index is 12.8. The van der Waals surface area contributed by atoms with Gasteiger partial charge >= 0.3 is 0 Å². The first-order valence-electron chi connectivity index (χ1n) is 4.37. The summed E-state index contributed by atoms with van der Waals surface area (Å²) in [7, 11) is 0. The molecule has 0 amide bonds. The minimum atomic E-state index is -0.379. The molecule has 0 atom stereocenters. The first kappa shape index (κ1) is 17.5. The van der Waals surface area contributed by atoms with Gasteiger partial charge in [0.2, 0.25) is 0 Å². The quantitative estimate of drug-likeness (QED) is 0.584. The molecule has 0 aliphatic heterocycles. The first-order chi connectivity index (χ1) is 7.24. The van der Waals surface area contributed by atoms with Crippen molar-refractivity contribution in [3.63, 3.8) is 0 Å². The zero-order valence-corrected chi connectivity index (χ0v) is 11.6. The van der Waals surface area contributed by atoms with Gasteiger partial charge in [0, 0.05) is 11.3 Å². The van der Waals surface area contributed by atoms with E-state index in [1.54, 1.807) is 0 Å². The van der Waals surface area contributed by atoms with E-state index in [-0.39, 0.29) is 11.6 Å². The molecule has 0 unspecified atom stereocenters. The van der Waals surface area contributed by atoms with Gasteiger partial charge < -0.3 is 0 Å². The lowest BCUT2D eigenvalue weighted by Crippen LogP contribution is -1.88. The summed E-state index contributed by atoms with van der Waals surface area (Å²) in [5, 5.41) is 0. The van der Waals surface area contributed by atoms with Gasteiger partial charge in [0.1, 0.15) is 11.6 Å². The highest BCUT2D eigenvalue weighted by atomic mass is 33.1. The molecule has 0 aliphatic rings. The van der Waals surface area contributed by atoms with E-state index in [2.05, 4.69) is 23.3 Å². The number of benzene rings is 1. The van der Waals surface area contributed by atoms with Crippen molar-refractivity contribution in [1.29, 1.82) is 0 Å². The van der Waals surface area contributed by atoms with Crippen molar-refractivity contribution in [1.82, 2.24) is 0 Å². The van der Waals surface area contributed by atoms with Crippen molar-refractivity contribution in [3.8, 4) is 0 Å². The first-order valence-corrected chi connectivity index (χ1v) is 7.36. The van der Waals surface area contributed by atoms with Crippen LogP contribution in [0.5, 0.6) is 0 Å². The highest BCUT2D eigenvalue weighted by Crippen LogP contribution is 2.14. The van der Waals surface area contributed by atoms with Crippen LogP contribution < -0.4 is 0 Å². The van der Waals surface area contributed by atoms with Crippen LogP contribution in [0.4, 0.5) is 8.78 Å². The highest BCUT2D eigenvalue weighted by molar-refractivity contribution is 8.59. The molecule has 5 heteroatoms. The van der Waals surface area contributed by atoms with E-state index >= 15 is 0 Å². The van der Waals surface area contributed by atoms with Crippen LogP contribution in [0.3, 0.4) is 0 Å². The minimum absolute atomic E-state index is 0.333. The third-order valence-electron chi connectivity index (χ3n) is 1.31. The molecule has 0 saturated heterocycles. The Labute approximate surface area is 105 Å². The van der Waals surface area contributed by atoms with E-state index < -0.39 is 0 Å². The van der Waals surface area contributed by atoms with Crippen LogP contribution in [0.2, 0.25) is 0 Å². The molecule has 0 radical (unpaired) electrons. The number of thiol groups is 2. The van der Waals surface area contributed by atoms with Gasteiger partial charge in [-0.25, -0.2) is 8.78 Å². The van der Waals surface area contributed by atoms with Crippen LogP contribution in [-0.2, 0) is 5.75 Å². The van der Waals surface area contributed by atoms with Crippen LogP contribution in [0.1, 0.15) is 19.4 Å². The van der Waals surface area contributed by atoms with Crippen molar-refractivity contribution in [2.75, 3.05) is 6.26 Å². The lowest BCUT2D eigenvalue weighted by atomic mass is 10.2. The highest BCUT2D eigenvalue weighted by Gasteiger charge is 2.01. The van der Waals surface area contributed by atoms with Gasteiger partial charge in [-0.3, -0.25) is 0 Å². The number of halogens is 2. The summed E-state index contributed by atoms with van der Waals surface area (Å²) in [6, 6.07) is 3.51. The molecule has 0 heterocycles. The standard InChI is InChI=1S/C8H8F2S.C2H6.H2S2/c1-11-5-6-4-7(9)2-3-8(6)10;2*1-2/h2-4H,5H2,1H3;1-2H3;1-2H. The number of thioether (sulfide) groups is 1. The Balaban J connectivity index is 0. The zero-order chi connectivity index (χ0) is 12.3. The van der Waals surface area contributed by atoms with Gasteiger partial charge in [0.15, 0.2) is 0 Å². The molecule has 0 saturated carbocycles. The molecule has 0 N–H and O–H groups in total. The molecular formula is C10H16F2S3. The summed E-state index contributed by atoms with van der Waals surface area (Å²) in [4.78, 5) is 0. The monoisotopic (exact) mass is 270 g/mol. The van der Waals surface area contributed by atoms with E-state index in [1.807, 2.05) is 20.1 Å².